The Bertz CT molecular complexity index is 595. The van der Waals surface area contributed by atoms with Crippen molar-refractivity contribution in [2.75, 3.05) is 6.54 Å². The molecule has 2 aliphatic heterocycles. The van der Waals surface area contributed by atoms with Gasteiger partial charge in [0.05, 0.1) is 23.1 Å². The number of rotatable bonds is 3. The van der Waals surface area contributed by atoms with Gasteiger partial charge in [0.2, 0.25) is 0 Å². The van der Waals surface area contributed by atoms with E-state index in [4.69, 9.17) is 11.6 Å². The molecular formula is C15H14ClF2N3. The molecule has 2 aliphatic rings. The zero-order chi connectivity index (χ0) is 15.0. The topological polar surface area (TPSA) is 39.9 Å². The number of alkyl halides is 2. The van der Waals surface area contributed by atoms with Crippen LogP contribution >= 0.6 is 11.6 Å². The molecule has 1 fully saturated rings. The summed E-state index contributed by atoms with van der Waals surface area (Å²) in [5, 5.41) is 10.2. The van der Waals surface area contributed by atoms with E-state index in [-0.39, 0.29) is 18.6 Å². The molecule has 6 heteroatoms. The zero-order valence-electron chi connectivity index (χ0n) is 11.2. The van der Waals surface area contributed by atoms with E-state index in [1.807, 2.05) is 12.2 Å². The normalized spacial score (nSPS) is 31.6. The minimum absolute atomic E-state index is 0.128. The van der Waals surface area contributed by atoms with E-state index in [9.17, 15) is 14.0 Å². The van der Waals surface area contributed by atoms with Gasteiger partial charge in [-0.3, -0.25) is 9.88 Å². The highest BCUT2D eigenvalue weighted by atomic mass is 35.5. The molecule has 2 atom stereocenters. The zero-order valence-corrected chi connectivity index (χ0v) is 12.0. The number of piperidine rings is 1. The predicted octanol–water partition coefficient (Wildman–Crippen LogP) is 3.16. The largest absolute Gasteiger partial charge is 0.285 e. The average molecular weight is 310 g/mol. The molecule has 0 saturated carbocycles. The van der Waals surface area contributed by atoms with Crippen molar-refractivity contribution >= 4 is 11.6 Å². The van der Waals surface area contributed by atoms with Gasteiger partial charge in [-0.05, 0) is 24.5 Å². The van der Waals surface area contributed by atoms with E-state index in [1.54, 1.807) is 17.2 Å². The number of nitrogens with zero attached hydrogens (tertiary/aromatic N) is 3. The third-order valence-corrected chi connectivity index (χ3v) is 4.55. The standard InChI is InChI=1S/C15H14ClF2N3/c16-11-3-10(6-20-7-11)15(9-19)4-12-1-2-13(5-15)21(12)8-14(17)18/h1-3,6-7,12-14H,4-5,8H2. The van der Waals surface area contributed by atoms with Gasteiger partial charge < -0.3 is 0 Å². The first-order valence-electron chi connectivity index (χ1n) is 6.78. The van der Waals surface area contributed by atoms with Gasteiger partial charge in [0.15, 0.2) is 0 Å². The molecule has 0 spiro atoms. The molecule has 3 nitrogen and oxygen atoms in total. The molecule has 2 unspecified atom stereocenters. The third kappa shape index (κ3) is 2.54. The Kier molecular flexibility index (Phi) is 3.68. The van der Waals surface area contributed by atoms with Gasteiger partial charge in [-0.1, -0.05) is 23.8 Å². The molecule has 3 heterocycles. The van der Waals surface area contributed by atoms with Crippen LogP contribution in [-0.2, 0) is 5.41 Å². The first kappa shape index (κ1) is 14.4. The molecule has 21 heavy (non-hydrogen) atoms. The Morgan fingerprint density at radius 2 is 2.05 bits per heavy atom. The first-order valence-corrected chi connectivity index (χ1v) is 7.16. The molecule has 2 bridgehead atoms. The average Bonchev–Trinajstić information content (AvgIpc) is 2.70. The van der Waals surface area contributed by atoms with Crippen molar-refractivity contribution in [3.63, 3.8) is 0 Å². The molecule has 1 aromatic rings. The lowest BCUT2D eigenvalue weighted by Gasteiger charge is -2.43. The van der Waals surface area contributed by atoms with Crippen LogP contribution in [0.25, 0.3) is 0 Å². The minimum atomic E-state index is -2.36. The lowest BCUT2D eigenvalue weighted by atomic mass is 9.71. The van der Waals surface area contributed by atoms with Crippen LogP contribution in [0.15, 0.2) is 30.6 Å². The number of fused-ring (bicyclic) bond motifs is 2. The van der Waals surface area contributed by atoms with Crippen LogP contribution in [0.5, 0.6) is 0 Å². The molecular weight excluding hydrogens is 296 g/mol. The summed E-state index contributed by atoms with van der Waals surface area (Å²) in [4.78, 5) is 5.83. The van der Waals surface area contributed by atoms with Crippen molar-refractivity contribution < 1.29 is 8.78 Å². The molecule has 3 rings (SSSR count). The van der Waals surface area contributed by atoms with Crippen molar-refractivity contribution in [1.29, 1.82) is 5.26 Å². The summed E-state index contributed by atoms with van der Waals surface area (Å²) < 4.78 is 25.4. The summed E-state index contributed by atoms with van der Waals surface area (Å²) in [6.07, 6.45) is 5.66. The molecule has 110 valence electrons. The fourth-order valence-corrected chi connectivity index (χ4v) is 3.56. The lowest BCUT2D eigenvalue weighted by Crippen LogP contribution is -2.51. The highest BCUT2D eigenvalue weighted by Crippen LogP contribution is 2.44. The van der Waals surface area contributed by atoms with Gasteiger partial charge in [-0.25, -0.2) is 8.78 Å². The van der Waals surface area contributed by atoms with Crippen molar-refractivity contribution in [2.24, 2.45) is 0 Å². The molecule has 0 aromatic carbocycles. The third-order valence-electron chi connectivity index (χ3n) is 4.34. The van der Waals surface area contributed by atoms with Crippen molar-refractivity contribution in [3.8, 4) is 6.07 Å². The van der Waals surface area contributed by atoms with Gasteiger partial charge in [0, 0.05) is 24.5 Å². The number of halogens is 3. The van der Waals surface area contributed by atoms with E-state index >= 15 is 0 Å². The monoisotopic (exact) mass is 309 g/mol. The van der Waals surface area contributed by atoms with Crippen LogP contribution < -0.4 is 0 Å². The summed E-state index contributed by atoms with van der Waals surface area (Å²) >= 11 is 5.97. The van der Waals surface area contributed by atoms with Crippen LogP contribution in [0.3, 0.4) is 0 Å². The second-order valence-electron chi connectivity index (χ2n) is 5.60. The summed E-state index contributed by atoms with van der Waals surface area (Å²) in [6.45, 7) is -0.252. The number of aromatic nitrogens is 1. The lowest BCUT2D eigenvalue weighted by molar-refractivity contribution is 0.0381. The smallest absolute Gasteiger partial charge is 0.251 e. The maximum Gasteiger partial charge on any atom is 0.251 e. The molecule has 0 radical (unpaired) electrons. The van der Waals surface area contributed by atoms with Gasteiger partial charge in [0.25, 0.3) is 6.43 Å². The maximum atomic E-state index is 12.7. The SMILES string of the molecule is N#CC1(c2cncc(Cl)c2)CC2C=CC(C1)N2CC(F)F. The van der Waals surface area contributed by atoms with Crippen LogP contribution in [0.2, 0.25) is 5.02 Å². The minimum Gasteiger partial charge on any atom is -0.285 e. The second kappa shape index (κ2) is 5.36. The fraction of sp³-hybridized carbons (Fsp3) is 0.467. The van der Waals surface area contributed by atoms with E-state index in [2.05, 4.69) is 11.1 Å². The van der Waals surface area contributed by atoms with Crippen LogP contribution in [0, 0.1) is 11.3 Å². The van der Waals surface area contributed by atoms with E-state index < -0.39 is 11.8 Å². The van der Waals surface area contributed by atoms with E-state index in [0.29, 0.717) is 17.9 Å². The Labute approximate surface area is 126 Å². The number of hydrogen-bond acceptors (Lipinski definition) is 3. The fourth-order valence-electron chi connectivity index (χ4n) is 3.39. The summed E-state index contributed by atoms with van der Waals surface area (Å²) in [5.74, 6) is 0. The van der Waals surface area contributed by atoms with E-state index in [0.717, 1.165) is 5.56 Å². The quantitative estimate of drug-likeness (QED) is 0.805. The summed E-state index contributed by atoms with van der Waals surface area (Å²) in [7, 11) is 0. The number of nitriles is 1. The molecule has 0 N–H and O–H groups in total. The van der Waals surface area contributed by atoms with Gasteiger partial charge in [-0.2, -0.15) is 5.26 Å². The summed E-state index contributed by atoms with van der Waals surface area (Å²) in [6, 6.07) is 3.88. The molecule has 0 amide bonds. The first-order chi connectivity index (χ1) is 10.0. The predicted molar refractivity (Wildman–Crippen MR) is 75.2 cm³/mol. The van der Waals surface area contributed by atoms with Crippen LogP contribution in [0.4, 0.5) is 8.78 Å². The highest BCUT2D eigenvalue weighted by Gasteiger charge is 2.47. The van der Waals surface area contributed by atoms with Crippen LogP contribution in [0.1, 0.15) is 18.4 Å². The highest BCUT2D eigenvalue weighted by molar-refractivity contribution is 6.30. The van der Waals surface area contributed by atoms with Gasteiger partial charge >= 0.3 is 0 Å². The Hall–Kier alpha value is -1.51. The Balaban J connectivity index is 1.90. The molecule has 0 aliphatic carbocycles. The maximum absolute atomic E-state index is 12.7. The Morgan fingerprint density at radius 1 is 1.38 bits per heavy atom. The van der Waals surface area contributed by atoms with Crippen LogP contribution in [-0.4, -0.2) is 34.9 Å². The van der Waals surface area contributed by atoms with Crippen molar-refractivity contribution in [1.82, 2.24) is 9.88 Å². The number of hydrogen-bond donors (Lipinski definition) is 0. The number of pyridine rings is 1. The van der Waals surface area contributed by atoms with Crippen molar-refractivity contribution in [3.05, 3.63) is 41.2 Å². The molecule has 1 saturated heterocycles. The van der Waals surface area contributed by atoms with E-state index in [1.165, 1.54) is 6.20 Å². The van der Waals surface area contributed by atoms with Gasteiger partial charge in [-0.15, -0.1) is 0 Å². The second-order valence-corrected chi connectivity index (χ2v) is 6.04. The van der Waals surface area contributed by atoms with Crippen molar-refractivity contribution in [2.45, 2.75) is 36.8 Å². The molecule has 1 aromatic heterocycles. The Morgan fingerprint density at radius 3 is 2.57 bits per heavy atom. The summed E-state index contributed by atoms with van der Waals surface area (Å²) in [5.41, 5.74) is 0.0583. The van der Waals surface area contributed by atoms with Gasteiger partial charge in [0.1, 0.15) is 0 Å².